The molecule has 0 aliphatic carbocycles. The summed E-state index contributed by atoms with van der Waals surface area (Å²) in [5.41, 5.74) is -0.232. The number of halogens is 4. The van der Waals surface area contributed by atoms with E-state index in [2.05, 4.69) is 5.32 Å². The number of benzene rings is 1. The third kappa shape index (κ3) is 4.74. The monoisotopic (exact) mass is 483 g/mol. The molecule has 4 rings (SSSR count). The Balaban J connectivity index is 1.59. The Bertz CT molecular complexity index is 1100. The van der Waals surface area contributed by atoms with E-state index in [1.54, 1.807) is 39.0 Å². The zero-order chi connectivity index (χ0) is 24.1. The van der Waals surface area contributed by atoms with Crippen molar-refractivity contribution in [3.63, 3.8) is 0 Å². The third-order valence-electron chi connectivity index (χ3n) is 6.07. The van der Waals surface area contributed by atoms with E-state index >= 15 is 4.39 Å². The van der Waals surface area contributed by atoms with E-state index < -0.39 is 42.5 Å². The molecule has 0 saturated carbocycles. The Morgan fingerprint density at radius 3 is 2.67 bits per heavy atom. The van der Waals surface area contributed by atoms with Crippen LogP contribution in [0.25, 0.3) is 10.1 Å². The molecule has 4 atom stereocenters. The first-order valence-corrected chi connectivity index (χ1v) is 11.6. The second-order valence-corrected chi connectivity index (χ2v) is 10.6. The normalized spacial score (nSPS) is 25.2. The van der Waals surface area contributed by atoms with Gasteiger partial charge >= 0.3 is 12.3 Å². The predicted octanol–water partition coefficient (Wildman–Crippen LogP) is 6.17. The number of ether oxygens (including phenoxy) is 1. The molecule has 178 valence electrons. The van der Waals surface area contributed by atoms with Crippen molar-refractivity contribution in [3.8, 4) is 6.07 Å². The number of piperidine rings is 1. The summed E-state index contributed by atoms with van der Waals surface area (Å²) >= 11 is 0.979. The van der Waals surface area contributed by atoms with Crippen LogP contribution in [0.1, 0.15) is 50.5 Å². The Morgan fingerprint density at radius 2 is 2.03 bits per heavy atom. The van der Waals surface area contributed by atoms with Gasteiger partial charge in [0, 0.05) is 6.04 Å². The molecule has 2 aliphatic heterocycles. The van der Waals surface area contributed by atoms with Gasteiger partial charge in [0.1, 0.15) is 22.7 Å². The molecule has 2 aromatic rings. The lowest BCUT2D eigenvalue weighted by Crippen LogP contribution is -2.57. The molecule has 0 radical (unpaired) electrons. The minimum absolute atomic E-state index is 0.00758. The van der Waals surface area contributed by atoms with Gasteiger partial charge < -0.3 is 10.1 Å². The summed E-state index contributed by atoms with van der Waals surface area (Å²) in [6.45, 7) is 5.29. The second kappa shape index (κ2) is 8.35. The van der Waals surface area contributed by atoms with Crippen LogP contribution in [-0.2, 0) is 11.2 Å². The zero-order valence-corrected chi connectivity index (χ0v) is 19.3. The fourth-order valence-electron chi connectivity index (χ4n) is 4.84. The SMILES string of the molecule is CC(C)(C)OC(=O)N1[C@@H]2CC[C@H]1[C@H](F)[C@H](Nc1cccc3c(CC(F)(F)F)c(C#N)sc13)C2. The third-order valence-corrected chi connectivity index (χ3v) is 7.25. The molecule has 2 bridgehead atoms. The maximum Gasteiger partial charge on any atom is 0.410 e. The molecule has 1 N–H and O–H groups in total. The van der Waals surface area contributed by atoms with Gasteiger partial charge in [-0.05, 0) is 57.0 Å². The number of carbonyl (C=O) groups is 1. The number of carbonyl (C=O) groups excluding carboxylic acids is 1. The van der Waals surface area contributed by atoms with Crippen LogP contribution in [0.4, 0.5) is 28.0 Å². The maximum absolute atomic E-state index is 15.5. The number of fused-ring (bicyclic) bond motifs is 3. The van der Waals surface area contributed by atoms with E-state index in [4.69, 9.17) is 4.74 Å². The van der Waals surface area contributed by atoms with Gasteiger partial charge in [-0.1, -0.05) is 12.1 Å². The van der Waals surface area contributed by atoms with Crippen LogP contribution < -0.4 is 5.32 Å². The number of anilines is 1. The molecular formula is C23H25F4N3O2S. The van der Waals surface area contributed by atoms with E-state index in [1.165, 1.54) is 4.90 Å². The fraction of sp³-hybridized carbons (Fsp3) is 0.565. The van der Waals surface area contributed by atoms with E-state index in [1.807, 2.05) is 6.07 Å². The minimum atomic E-state index is -4.44. The number of nitrogens with one attached hydrogen (secondary N) is 1. The number of thiophene rings is 1. The maximum atomic E-state index is 15.5. The van der Waals surface area contributed by atoms with Gasteiger partial charge in [0.15, 0.2) is 0 Å². The van der Waals surface area contributed by atoms with E-state index in [0.717, 1.165) is 11.3 Å². The van der Waals surface area contributed by atoms with Crippen molar-refractivity contribution < 1.29 is 27.1 Å². The highest BCUT2D eigenvalue weighted by Crippen LogP contribution is 2.42. The minimum Gasteiger partial charge on any atom is -0.444 e. The average molecular weight is 484 g/mol. The Labute approximate surface area is 193 Å². The van der Waals surface area contributed by atoms with Crippen LogP contribution in [0.5, 0.6) is 0 Å². The number of nitriles is 1. The molecule has 0 unspecified atom stereocenters. The average Bonchev–Trinajstić information content (AvgIpc) is 3.22. The van der Waals surface area contributed by atoms with Crippen molar-refractivity contribution in [2.45, 2.75) is 82.5 Å². The van der Waals surface area contributed by atoms with Gasteiger partial charge in [-0.3, -0.25) is 4.90 Å². The van der Waals surface area contributed by atoms with E-state index in [9.17, 15) is 23.2 Å². The van der Waals surface area contributed by atoms with Crippen molar-refractivity contribution in [2.75, 3.05) is 5.32 Å². The molecule has 5 nitrogen and oxygen atoms in total. The Kier molecular flexibility index (Phi) is 5.97. The van der Waals surface area contributed by atoms with Gasteiger partial charge in [0.25, 0.3) is 0 Å². The molecule has 1 aromatic carbocycles. The predicted molar refractivity (Wildman–Crippen MR) is 118 cm³/mol. The van der Waals surface area contributed by atoms with Crippen molar-refractivity contribution >= 4 is 33.2 Å². The molecule has 10 heteroatoms. The van der Waals surface area contributed by atoms with Gasteiger partial charge in [0.2, 0.25) is 0 Å². The van der Waals surface area contributed by atoms with E-state index in [0.29, 0.717) is 35.0 Å². The molecule has 2 fully saturated rings. The highest BCUT2D eigenvalue weighted by Gasteiger charge is 2.51. The van der Waals surface area contributed by atoms with Crippen LogP contribution in [0.3, 0.4) is 0 Å². The Hall–Kier alpha value is -2.54. The molecule has 2 aliphatic rings. The fourth-order valence-corrected chi connectivity index (χ4v) is 5.93. The van der Waals surface area contributed by atoms with Crippen molar-refractivity contribution in [2.24, 2.45) is 0 Å². The van der Waals surface area contributed by atoms with Crippen LogP contribution >= 0.6 is 11.3 Å². The summed E-state index contributed by atoms with van der Waals surface area (Å²) in [7, 11) is 0. The largest absolute Gasteiger partial charge is 0.444 e. The van der Waals surface area contributed by atoms with Gasteiger partial charge in [-0.25, -0.2) is 9.18 Å². The number of hydrogen-bond acceptors (Lipinski definition) is 5. The highest BCUT2D eigenvalue weighted by molar-refractivity contribution is 7.20. The summed E-state index contributed by atoms with van der Waals surface area (Å²) in [5.74, 6) is 0. The van der Waals surface area contributed by atoms with Crippen LogP contribution in [0.2, 0.25) is 0 Å². The van der Waals surface area contributed by atoms with Gasteiger partial charge in [0.05, 0.1) is 28.9 Å². The summed E-state index contributed by atoms with van der Waals surface area (Å²) in [6, 6.07) is 5.32. The number of amides is 1. The summed E-state index contributed by atoms with van der Waals surface area (Å²) < 4.78 is 60.7. The lowest BCUT2D eigenvalue weighted by molar-refractivity contribution is -0.126. The zero-order valence-electron chi connectivity index (χ0n) is 18.5. The molecule has 1 amide bonds. The Morgan fingerprint density at radius 1 is 1.30 bits per heavy atom. The number of hydrogen-bond donors (Lipinski definition) is 1. The quantitative estimate of drug-likeness (QED) is 0.531. The molecular weight excluding hydrogens is 458 g/mol. The summed E-state index contributed by atoms with van der Waals surface area (Å²) in [5, 5.41) is 12.9. The second-order valence-electron chi connectivity index (χ2n) is 9.61. The first kappa shape index (κ1) is 23.6. The van der Waals surface area contributed by atoms with Crippen molar-refractivity contribution in [3.05, 3.63) is 28.6 Å². The topological polar surface area (TPSA) is 65.4 Å². The highest BCUT2D eigenvalue weighted by atomic mass is 32.1. The molecule has 2 saturated heterocycles. The number of alkyl halides is 4. The summed E-state index contributed by atoms with van der Waals surface area (Å²) in [6.07, 6.45) is -5.96. The smallest absolute Gasteiger partial charge is 0.410 e. The van der Waals surface area contributed by atoms with E-state index in [-0.39, 0.29) is 16.5 Å². The number of nitrogens with zero attached hydrogens (tertiary/aromatic N) is 2. The molecule has 1 aromatic heterocycles. The first-order valence-electron chi connectivity index (χ1n) is 10.8. The summed E-state index contributed by atoms with van der Waals surface area (Å²) in [4.78, 5) is 14.2. The van der Waals surface area contributed by atoms with Crippen LogP contribution in [0.15, 0.2) is 18.2 Å². The van der Waals surface area contributed by atoms with Crippen LogP contribution in [-0.4, -0.2) is 47.1 Å². The van der Waals surface area contributed by atoms with Crippen molar-refractivity contribution in [1.29, 1.82) is 5.26 Å². The first-order chi connectivity index (χ1) is 15.4. The number of rotatable bonds is 3. The van der Waals surface area contributed by atoms with Crippen LogP contribution in [0, 0.1) is 11.3 Å². The lowest BCUT2D eigenvalue weighted by atomic mass is 9.95. The van der Waals surface area contributed by atoms with Gasteiger partial charge in [-0.2, -0.15) is 18.4 Å². The molecule has 33 heavy (non-hydrogen) atoms. The molecule has 0 spiro atoms. The van der Waals surface area contributed by atoms with Gasteiger partial charge in [-0.15, -0.1) is 11.3 Å². The molecule has 3 heterocycles. The van der Waals surface area contributed by atoms with Crippen molar-refractivity contribution in [1.82, 2.24) is 4.90 Å². The standard InChI is InChI=1S/C23H25F4N3O2S/c1-22(2,3)32-21(31)30-12-7-8-17(30)19(24)16(9-12)29-15-6-4-5-13-14(10-23(25,26)27)18(11-28)33-20(13)15/h4-6,12,16-17,19,29H,7-10H2,1-3H3/t12-,16-,17+,19-/m1/s1. The lowest BCUT2D eigenvalue weighted by Gasteiger charge is -2.42.